The number of ether oxygens (including phenoxy) is 5. The minimum Gasteiger partial charge on any atom is -0.497 e. The van der Waals surface area contributed by atoms with Gasteiger partial charge in [0.1, 0.15) is 11.5 Å². The molecule has 3 aromatic carbocycles. The molecule has 0 spiro atoms. The first-order valence-electron chi connectivity index (χ1n) is 10.8. The van der Waals surface area contributed by atoms with Gasteiger partial charge < -0.3 is 23.7 Å². The summed E-state index contributed by atoms with van der Waals surface area (Å²) in [4.78, 5) is 0. The van der Waals surface area contributed by atoms with Crippen molar-refractivity contribution in [3.63, 3.8) is 0 Å². The molecule has 0 fully saturated rings. The standard InChI is InChI=1S/C26H25ClN2O5/c1-30-17-8-5-15(6-9-17)20-14-21-19-13-16(27)7-11-22(19)34-26(29(21)28-20)18-10-12-23(31-2)25(33-4)24(18)32-3/h5-13,21,26H,14H2,1-4H3/t21-,26-/m0/s1. The largest absolute Gasteiger partial charge is 0.497 e. The molecule has 2 aliphatic heterocycles. The van der Waals surface area contributed by atoms with Crippen molar-refractivity contribution < 1.29 is 23.7 Å². The summed E-state index contributed by atoms with van der Waals surface area (Å²) in [6, 6.07) is 17.3. The van der Waals surface area contributed by atoms with Gasteiger partial charge in [-0.3, -0.25) is 0 Å². The number of hydrogen-bond donors (Lipinski definition) is 0. The van der Waals surface area contributed by atoms with E-state index in [1.54, 1.807) is 28.4 Å². The second-order valence-electron chi connectivity index (χ2n) is 7.95. The lowest BCUT2D eigenvalue weighted by atomic mass is 9.95. The van der Waals surface area contributed by atoms with Gasteiger partial charge in [0.15, 0.2) is 11.5 Å². The highest BCUT2D eigenvalue weighted by Crippen LogP contribution is 2.51. The number of hydrazone groups is 1. The molecule has 176 valence electrons. The molecule has 0 amide bonds. The third-order valence-corrected chi connectivity index (χ3v) is 6.41. The highest BCUT2D eigenvalue weighted by molar-refractivity contribution is 6.30. The van der Waals surface area contributed by atoms with Gasteiger partial charge in [0, 0.05) is 17.0 Å². The summed E-state index contributed by atoms with van der Waals surface area (Å²) >= 11 is 6.35. The summed E-state index contributed by atoms with van der Waals surface area (Å²) in [5.74, 6) is 3.18. The Morgan fingerprint density at radius 1 is 0.853 bits per heavy atom. The summed E-state index contributed by atoms with van der Waals surface area (Å²) in [7, 11) is 6.43. The van der Waals surface area contributed by atoms with Crippen LogP contribution in [0.3, 0.4) is 0 Å². The Morgan fingerprint density at radius 2 is 1.62 bits per heavy atom. The van der Waals surface area contributed by atoms with E-state index in [2.05, 4.69) is 0 Å². The molecule has 0 saturated heterocycles. The topological polar surface area (TPSA) is 61.8 Å². The Hall–Kier alpha value is -3.58. The lowest BCUT2D eigenvalue weighted by Crippen LogP contribution is -2.34. The van der Waals surface area contributed by atoms with E-state index in [9.17, 15) is 0 Å². The summed E-state index contributed by atoms with van der Waals surface area (Å²) in [6.45, 7) is 0. The number of methoxy groups -OCH3 is 4. The molecule has 8 heteroatoms. The van der Waals surface area contributed by atoms with Crippen LogP contribution in [0.1, 0.15) is 35.4 Å². The van der Waals surface area contributed by atoms with Crippen molar-refractivity contribution in [1.29, 1.82) is 0 Å². The van der Waals surface area contributed by atoms with Crippen molar-refractivity contribution in [3.05, 3.63) is 76.3 Å². The van der Waals surface area contributed by atoms with E-state index in [0.717, 1.165) is 33.9 Å². The summed E-state index contributed by atoms with van der Waals surface area (Å²) in [5, 5.41) is 7.64. The molecule has 2 heterocycles. The highest BCUT2D eigenvalue weighted by Gasteiger charge is 2.42. The molecular formula is C26H25ClN2O5. The van der Waals surface area contributed by atoms with Gasteiger partial charge in [-0.05, 0) is 60.2 Å². The number of rotatable bonds is 6. The quantitative estimate of drug-likeness (QED) is 0.456. The average Bonchev–Trinajstić information content (AvgIpc) is 3.33. The molecule has 7 nitrogen and oxygen atoms in total. The van der Waals surface area contributed by atoms with Crippen LogP contribution in [-0.4, -0.2) is 39.2 Å². The van der Waals surface area contributed by atoms with Crippen molar-refractivity contribution in [2.75, 3.05) is 28.4 Å². The molecule has 5 rings (SSSR count). The van der Waals surface area contributed by atoms with Crippen LogP contribution in [-0.2, 0) is 0 Å². The predicted octanol–water partition coefficient (Wildman–Crippen LogP) is 5.62. The minimum atomic E-state index is -0.538. The van der Waals surface area contributed by atoms with Crippen LogP contribution in [0, 0.1) is 0 Å². The molecule has 0 bridgehead atoms. The summed E-state index contributed by atoms with van der Waals surface area (Å²) in [5.41, 5.74) is 3.76. The second kappa shape index (κ2) is 8.99. The van der Waals surface area contributed by atoms with Crippen molar-refractivity contribution in [2.24, 2.45) is 5.10 Å². The van der Waals surface area contributed by atoms with Gasteiger partial charge in [0.25, 0.3) is 0 Å². The Kier molecular flexibility index (Phi) is 5.87. The Bertz CT molecular complexity index is 1240. The van der Waals surface area contributed by atoms with Gasteiger partial charge in [0.2, 0.25) is 12.0 Å². The van der Waals surface area contributed by atoms with Gasteiger partial charge >= 0.3 is 0 Å². The predicted molar refractivity (Wildman–Crippen MR) is 130 cm³/mol. The lowest BCUT2D eigenvalue weighted by molar-refractivity contribution is -0.0205. The van der Waals surface area contributed by atoms with Crippen molar-refractivity contribution in [1.82, 2.24) is 5.01 Å². The SMILES string of the molecule is COc1ccc(C2=NN3[C@@H](C2)c2cc(Cl)ccc2O[C@H]3c2ccc(OC)c(OC)c2OC)cc1. The molecule has 2 aliphatic rings. The zero-order valence-corrected chi connectivity index (χ0v) is 20.1. The molecule has 2 atom stereocenters. The monoisotopic (exact) mass is 480 g/mol. The average molecular weight is 481 g/mol. The van der Waals surface area contributed by atoms with Crippen molar-refractivity contribution in [2.45, 2.75) is 18.7 Å². The number of nitrogens with zero attached hydrogens (tertiary/aromatic N) is 2. The Balaban J connectivity index is 1.63. The second-order valence-corrected chi connectivity index (χ2v) is 8.39. The smallest absolute Gasteiger partial charge is 0.217 e. The molecule has 0 aromatic heterocycles. The maximum atomic E-state index is 6.49. The minimum absolute atomic E-state index is 0.0534. The van der Waals surface area contributed by atoms with Crippen LogP contribution < -0.4 is 23.7 Å². The first-order valence-corrected chi connectivity index (χ1v) is 11.2. The maximum Gasteiger partial charge on any atom is 0.217 e. The first kappa shape index (κ1) is 22.2. The van der Waals surface area contributed by atoms with E-state index in [4.69, 9.17) is 40.4 Å². The highest BCUT2D eigenvalue weighted by atomic mass is 35.5. The maximum absolute atomic E-state index is 6.49. The van der Waals surface area contributed by atoms with Crippen LogP contribution in [0.4, 0.5) is 0 Å². The van der Waals surface area contributed by atoms with Crippen LogP contribution in [0.2, 0.25) is 5.02 Å². The molecule has 0 radical (unpaired) electrons. The fraction of sp³-hybridized carbons (Fsp3) is 0.269. The molecule has 0 saturated carbocycles. The van der Waals surface area contributed by atoms with Gasteiger partial charge in [-0.15, -0.1) is 0 Å². The van der Waals surface area contributed by atoms with Crippen molar-refractivity contribution in [3.8, 4) is 28.7 Å². The fourth-order valence-electron chi connectivity index (χ4n) is 4.54. The van der Waals surface area contributed by atoms with E-state index in [1.165, 1.54) is 0 Å². The zero-order chi connectivity index (χ0) is 23.8. The first-order chi connectivity index (χ1) is 16.6. The Morgan fingerprint density at radius 3 is 2.29 bits per heavy atom. The van der Waals surface area contributed by atoms with Gasteiger partial charge in [0.05, 0.1) is 45.8 Å². The van der Waals surface area contributed by atoms with E-state index in [-0.39, 0.29) is 6.04 Å². The van der Waals surface area contributed by atoms with Gasteiger partial charge in [-0.2, -0.15) is 5.10 Å². The molecule has 0 unspecified atom stereocenters. The van der Waals surface area contributed by atoms with E-state index in [1.807, 2.05) is 59.6 Å². The summed E-state index contributed by atoms with van der Waals surface area (Å²) in [6.07, 6.45) is 0.166. The number of fused-ring (bicyclic) bond motifs is 3. The Labute approximate surface area is 203 Å². The van der Waals surface area contributed by atoms with Crippen LogP contribution in [0.25, 0.3) is 0 Å². The third-order valence-electron chi connectivity index (χ3n) is 6.18. The van der Waals surface area contributed by atoms with E-state index < -0.39 is 6.23 Å². The van der Waals surface area contributed by atoms with E-state index >= 15 is 0 Å². The van der Waals surface area contributed by atoms with Crippen LogP contribution in [0.15, 0.2) is 59.7 Å². The number of halogens is 1. The molecule has 0 aliphatic carbocycles. The summed E-state index contributed by atoms with van der Waals surface area (Å²) < 4.78 is 28.6. The van der Waals surface area contributed by atoms with Gasteiger partial charge in [-0.25, -0.2) is 5.01 Å². The van der Waals surface area contributed by atoms with Gasteiger partial charge in [-0.1, -0.05) is 11.6 Å². The normalized spacial score (nSPS) is 18.4. The number of hydrogen-bond acceptors (Lipinski definition) is 7. The van der Waals surface area contributed by atoms with E-state index in [0.29, 0.717) is 28.7 Å². The van der Waals surface area contributed by atoms with Crippen molar-refractivity contribution >= 4 is 17.3 Å². The zero-order valence-electron chi connectivity index (χ0n) is 19.4. The van der Waals surface area contributed by atoms with Crippen LogP contribution in [0.5, 0.6) is 28.7 Å². The molecule has 0 N–H and O–H groups in total. The fourth-order valence-corrected chi connectivity index (χ4v) is 4.72. The molecule has 3 aromatic rings. The number of benzene rings is 3. The third kappa shape index (κ3) is 3.66. The molecular weight excluding hydrogens is 456 g/mol. The molecule has 34 heavy (non-hydrogen) atoms. The van der Waals surface area contributed by atoms with Crippen LogP contribution >= 0.6 is 11.6 Å². The lowest BCUT2D eigenvalue weighted by Gasteiger charge is -2.38.